The Morgan fingerprint density at radius 1 is 1.48 bits per heavy atom. The lowest BCUT2D eigenvalue weighted by molar-refractivity contribution is 0.101. The topological polar surface area (TPSA) is 69.6 Å². The Morgan fingerprint density at radius 2 is 2.19 bits per heavy atom. The number of nitrogens with zero attached hydrogens (tertiary/aromatic N) is 1. The maximum Gasteiger partial charge on any atom is 0.322 e. The molecule has 0 aromatic heterocycles. The van der Waals surface area contributed by atoms with E-state index in [0.29, 0.717) is 22.8 Å². The average molecular weight is 311 g/mol. The molecule has 114 valence electrons. The van der Waals surface area contributed by atoms with Crippen LogP contribution in [-0.2, 0) is 0 Å². The van der Waals surface area contributed by atoms with Crippen molar-refractivity contribution in [1.82, 2.24) is 4.90 Å². The molecule has 2 atom stereocenters. The van der Waals surface area contributed by atoms with Crippen LogP contribution < -0.4 is 5.32 Å². The number of benzene rings is 1. The number of halogens is 1. The molecule has 1 fully saturated rings. The van der Waals surface area contributed by atoms with Gasteiger partial charge in [-0.3, -0.25) is 4.79 Å². The highest BCUT2D eigenvalue weighted by Crippen LogP contribution is 2.26. The fourth-order valence-corrected chi connectivity index (χ4v) is 2.93. The van der Waals surface area contributed by atoms with Crippen molar-refractivity contribution in [2.24, 2.45) is 5.92 Å². The summed E-state index contributed by atoms with van der Waals surface area (Å²) in [5, 5.41) is 12.5. The van der Waals surface area contributed by atoms with Crippen molar-refractivity contribution in [3.05, 3.63) is 28.8 Å². The average Bonchev–Trinajstić information content (AvgIpc) is 2.79. The fraction of sp³-hybridized carbons (Fsp3) is 0.467. The molecule has 1 aromatic rings. The summed E-state index contributed by atoms with van der Waals surface area (Å²) in [7, 11) is 0. The first-order valence-electron chi connectivity index (χ1n) is 6.93. The smallest absolute Gasteiger partial charge is 0.322 e. The molecule has 0 aliphatic carbocycles. The second kappa shape index (κ2) is 6.45. The Kier molecular flexibility index (Phi) is 4.85. The van der Waals surface area contributed by atoms with E-state index in [1.54, 1.807) is 23.1 Å². The zero-order valence-electron chi connectivity index (χ0n) is 12.1. The van der Waals surface area contributed by atoms with Gasteiger partial charge in [0.05, 0.1) is 17.7 Å². The molecule has 1 aliphatic heterocycles. The Labute approximate surface area is 128 Å². The molecule has 5 nitrogen and oxygen atoms in total. The van der Waals surface area contributed by atoms with E-state index in [2.05, 4.69) is 5.32 Å². The molecular formula is C15H19ClN2O3. The van der Waals surface area contributed by atoms with Crippen LogP contribution in [0.4, 0.5) is 10.5 Å². The maximum absolute atomic E-state index is 12.3. The molecule has 1 saturated heterocycles. The number of nitrogens with one attached hydrogen (secondary N) is 1. The van der Waals surface area contributed by atoms with Crippen LogP contribution in [0.15, 0.2) is 18.2 Å². The van der Waals surface area contributed by atoms with Crippen LogP contribution >= 0.6 is 11.6 Å². The number of rotatable bonds is 3. The minimum Gasteiger partial charge on any atom is -0.394 e. The van der Waals surface area contributed by atoms with Gasteiger partial charge in [-0.1, -0.05) is 18.5 Å². The van der Waals surface area contributed by atoms with Crippen molar-refractivity contribution in [3.63, 3.8) is 0 Å². The number of amides is 2. The second-order valence-electron chi connectivity index (χ2n) is 5.39. The van der Waals surface area contributed by atoms with Crippen LogP contribution in [0.25, 0.3) is 0 Å². The van der Waals surface area contributed by atoms with Gasteiger partial charge in [0.2, 0.25) is 0 Å². The SMILES string of the molecule is CC(=O)c1ccc(NC(=O)N2CC[C@@H](C)[C@H]2CO)cc1Cl. The predicted molar refractivity (Wildman–Crippen MR) is 81.8 cm³/mol. The minimum atomic E-state index is -0.259. The van der Waals surface area contributed by atoms with E-state index < -0.39 is 0 Å². The summed E-state index contributed by atoms with van der Waals surface area (Å²) in [5.41, 5.74) is 0.962. The van der Waals surface area contributed by atoms with Crippen molar-refractivity contribution in [1.29, 1.82) is 0 Å². The summed E-state index contributed by atoms with van der Waals surface area (Å²) in [4.78, 5) is 25.2. The number of carbonyl (C=O) groups is 2. The molecule has 2 rings (SSSR count). The number of hydrogen-bond acceptors (Lipinski definition) is 3. The van der Waals surface area contributed by atoms with Crippen molar-refractivity contribution in [3.8, 4) is 0 Å². The monoisotopic (exact) mass is 310 g/mol. The number of likely N-dealkylation sites (tertiary alicyclic amines) is 1. The Hall–Kier alpha value is -1.59. The zero-order valence-corrected chi connectivity index (χ0v) is 12.9. The highest BCUT2D eigenvalue weighted by molar-refractivity contribution is 6.34. The van der Waals surface area contributed by atoms with E-state index in [1.165, 1.54) is 6.92 Å². The van der Waals surface area contributed by atoms with E-state index >= 15 is 0 Å². The minimum absolute atomic E-state index is 0.0430. The van der Waals surface area contributed by atoms with E-state index in [1.807, 2.05) is 6.92 Å². The van der Waals surface area contributed by atoms with Crippen LogP contribution in [0.3, 0.4) is 0 Å². The van der Waals surface area contributed by atoms with Crippen molar-refractivity contribution in [2.45, 2.75) is 26.3 Å². The molecule has 0 radical (unpaired) electrons. The van der Waals surface area contributed by atoms with Crippen molar-refractivity contribution < 1.29 is 14.7 Å². The third kappa shape index (κ3) is 3.36. The molecule has 0 unspecified atom stereocenters. The van der Waals surface area contributed by atoms with E-state index in [9.17, 15) is 14.7 Å². The number of urea groups is 1. The molecule has 6 heteroatoms. The number of aliphatic hydroxyl groups is 1. The first-order chi connectivity index (χ1) is 9.93. The first-order valence-corrected chi connectivity index (χ1v) is 7.30. The number of hydrogen-bond donors (Lipinski definition) is 2. The summed E-state index contributed by atoms with van der Waals surface area (Å²) in [6.45, 7) is 4.04. The number of anilines is 1. The number of ketones is 1. The van der Waals surface area contributed by atoms with Gasteiger partial charge in [-0.25, -0.2) is 4.79 Å². The van der Waals surface area contributed by atoms with Gasteiger partial charge in [0.15, 0.2) is 5.78 Å². The quantitative estimate of drug-likeness (QED) is 0.843. The standard InChI is InChI=1S/C15H19ClN2O3/c1-9-5-6-18(14(9)8-19)15(21)17-11-3-4-12(10(2)20)13(16)7-11/h3-4,7,9,14,19H,5-6,8H2,1-2H3,(H,17,21)/t9-,14-/m1/s1. The van der Waals surface area contributed by atoms with Crippen molar-refractivity contribution >= 4 is 29.1 Å². The molecule has 1 aromatic carbocycles. The highest BCUT2D eigenvalue weighted by Gasteiger charge is 2.33. The van der Waals surface area contributed by atoms with Gasteiger partial charge in [-0.05, 0) is 37.5 Å². The Bertz CT molecular complexity index is 562. The second-order valence-corrected chi connectivity index (χ2v) is 5.80. The molecule has 2 N–H and O–H groups in total. The third-order valence-electron chi connectivity index (χ3n) is 3.93. The van der Waals surface area contributed by atoms with Gasteiger partial charge >= 0.3 is 6.03 Å². The predicted octanol–water partition coefficient (Wildman–Crippen LogP) is 2.78. The number of Topliss-reactive ketones (excluding diaryl/α,β-unsaturated/α-hetero) is 1. The highest BCUT2D eigenvalue weighted by atomic mass is 35.5. The van der Waals surface area contributed by atoms with E-state index in [-0.39, 0.29) is 30.4 Å². The molecule has 1 aliphatic rings. The number of carbonyl (C=O) groups excluding carboxylic acids is 2. The summed E-state index contributed by atoms with van der Waals surface area (Å²) < 4.78 is 0. The van der Waals surface area contributed by atoms with Crippen LogP contribution in [0.1, 0.15) is 30.6 Å². The molecular weight excluding hydrogens is 292 g/mol. The van der Waals surface area contributed by atoms with Gasteiger partial charge in [-0.15, -0.1) is 0 Å². The van der Waals surface area contributed by atoms with Crippen LogP contribution in [0, 0.1) is 5.92 Å². The normalized spacial score (nSPS) is 21.4. The zero-order chi connectivity index (χ0) is 15.6. The van der Waals surface area contributed by atoms with Crippen molar-refractivity contribution in [2.75, 3.05) is 18.5 Å². The lowest BCUT2D eigenvalue weighted by Crippen LogP contribution is -2.42. The molecule has 0 bridgehead atoms. The van der Waals surface area contributed by atoms with Gasteiger partial charge in [-0.2, -0.15) is 0 Å². The lowest BCUT2D eigenvalue weighted by Gasteiger charge is -2.25. The van der Waals surface area contributed by atoms with Gasteiger partial charge in [0.25, 0.3) is 0 Å². The fourth-order valence-electron chi connectivity index (χ4n) is 2.61. The molecule has 0 spiro atoms. The van der Waals surface area contributed by atoms with Gasteiger partial charge in [0, 0.05) is 17.8 Å². The summed E-state index contributed by atoms with van der Waals surface area (Å²) >= 11 is 6.02. The maximum atomic E-state index is 12.3. The lowest BCUT2D eigenvalue weighted by atomic mass is 10.0. The molecule has 21 heavy (non-hydrogen) atoms. The van der Waals surface area contributed by atoms with Gasteiger partial charge in [0.1, 0.15) is 0 Å². The number of aliphatic hydroxyl groups excluding tert-OH is 1. The van der Waals surface area contributed by atoms with Crippen LogP contribution in [0.2, 0.25) is 5.02 Å². The third-order valence-corrected chi connectivity index (χ3v) is 4.24. The van der Waals surface area contributed by atoms with Crippen LogP contribution in [0.5, 0.6) is 0 Å². The largest absolute Gasteiger partial charge is 0.394 e. The summed E-state index contributed by atoms with van der Waals surface area (Å²) in [5.74, 6) is 0.163. The Morgan fingerprint density at radius 3 is 2.76 bits per heavy atom. The van der Waals surface area contributed by atoms with E-state index in [4.69, 9.17) is 11.6 Å². The molecule has 2 amide bonds. The Balaban J connectivity index is 2.10. The van der Waals surface area contributed by atoms with Crippen LogP contribution in [-0.4, -0.2) is 41.0 Å². The molecule has 0 saturated carbocycles. The molecule has 1 heterocycles. The first kappa shape index (κ1) is 15.8. The van der Waals surface area contributed by atoms with Gasteiger partial charge < -0.3 is 15.3 Å². The summed E-state index contributed by atoms with van der Waals surface area (Å²) in [6, 6.07) is 4.38. The van der Waals surface area contributed by atoms with E-state index in [0.717, 1.165) is 6.42 Å². The summed E-state index contributed by atoms with van der Waals surface area (Å²) in [6.07, 6.45) is 0.878.